The highest BCUT2D eigenvalue weighted by atomic mass is 32.1. The quantitative estimate of drug-likeness (QED) is 0.774. The van der Waals surface area contributed by atoms with Crippen molar-refractivity contribution < 1.29 is 0 Å². The van der Waals surface area contributed by atoms with Crippen molar-refractivity contribution in [1.29, 1.82) is 0 Å². The van der Waals surface area contributed by atoms with Crippen molar-refractivity contribution in [1.82, 2.24) is 5.32 Å². The molecule has 1 aromatic heterocycles. The van der Waals surface area contributed by atoms with E-state index in [4.69, 9.17) is 0 Å². The first-order valence-corrected chi connectivity index (χ1v) is 7.48. The lowest BCUT2D eigenvalue weighted by Gasteiger charge is -2.30. The minimum Gasteiger partial charge on any atom is -0.316 e. The molecule has 1 heterocycles. The maximum absolute atomic E-state index is 4.02. The van der Waals surface area contributed by atoms with Crippen molar-refractivity contribution in [3.8, 4) is 0 Å². The van der Waals surface area contributed by atoms with Crippen LogP contribution < -0.4 is 5.32 Å². The van der Waals surface area contributed by atoms with E-state index in [0.717, 1.165) is 6.42 Å². The highest BCUT2D eigenvalue weighted by Gasteiger charge is 2.27. The van der Waals surface area contributed by atoms with Crippen LogP contribution in [0.5, 0.6) is 0 Å². The van der Waals surface area contributed by atoms with Crippen LogP contribution in [0.25, 0.3) is 0 Å². The lowest BCUT2D eigenvalue weighted by molar-refractivity contribution is 0.396. The van der Waals surface area contributed by atoms with E-state index in [1.807, 2.05) is 11.3 Å². The van der Waals surface area contributed by atoms with Gasteiger partial charge in [-0.05, 0) is 63.1 Å². The SMILES string of the molecule is C=C(C)CCC(NC)C1CCCc2sccc21. The average molecular weight is 249 g/mol. The summed E-state index contributed by atoms with van der Waals surface area (Å²) < 4.78 is 0. The van der Waals surface area contributed by atoms with Crippen LogP contribution in [0.1, 0.15) is 49.0 Å². The maximum atomic E-state index is 4.02. The number of hydrogen-bond acceptors (Lipinski definition) is 2. The second kappa shape index (κ2) is 5.83. The minimum absolute atomic E-state index is 0.611. The summed E-state index contributed by atoms with van der Waals surface area (Å²) >= 11 is 1.94. The molecule has 1 nitrogen and oxygen atoms in total. The van der Waals surface area contributed by atoms with E-state index < -0.39 is 0 Å². The summed E-state index contributed by atoms with van der Waals surface area (Å²) in [5.41, 5.74) is 2.91. The van der Waals surface area contributed by atoms with Crippen LogP contribution in [-0.2, 0) is 6.42 Å². The average Bonchev–Trinajstić information content (AvgIpc) is 2.78. The minimum atomic E-state index is 0.611. The van der Waals surface area contributed by atoms with Gasteiger partial charge in [0, 0.05) is 16.8 Å². The van der Waals surface area contributed by atoms with Crippen molar-refractivity contribution in [2.75, 3.05) is 7.05 Å². The Hall–Kier alpha value is -0.600. The van der Waals surface area contributed by atoms with Gasteiger partial charge in [-0.1, -0.05) is 5.57 Å². The number of thiophene rings is 1. The normalized spacial score (nSPS) is 20.9. The molecule has 0 saturated carbocycles. The van der Waals surface area contributed by atoms with Crippen LogP contribution in [-0.4, -0.2) is 13.1 Å². The van der Waals surface area contributed by atoms with Gasteiger partial charge in [0.25, 0.3) is 0 Å². The third-order valence-corrected chi connectivity index (χ3v) is 4.83. The van der Waals surface area contributed by atoms with Gasteiger partial charge in [-0.25, -0.2) is 0 Å². The van der Waals surface area contributed by atoms with Gasteiger partial charge in [-0.3, -0.25) is 0 Å². The van der Waals surface area contributed by atoms with Gasteiger partial charge >= 0.3 is 0 Å². The summed E-state index contributed by atoms with van der Waals surface area (Å²) in [5, 5.41) is 5.78. The van der Waals surface area contributed by atoms with E-state index in [1.54, 1.807) is 10.4 Å². The second-order valence-corrected chi connectivity index (χ2v) is 6.19. The molecule has 1 aliphatic carbocycles. The summed E-state index contributed by atoms with van der Waals surface area (Å²) in [7, 11) is 2.10. The Morgan fingerprint density at radius 1 is 1.65 bits per heavy atom. The van der Waals surface area contributed by atoms with E-state index >= 15 is 0 Å². The standard InChI is InChI=1S/C15H23NS/c1-11(2)7-8-14(16-3)12-5-4-6-15-13(12)9-10-17-15/h9-10,12,14,16H,1,4-8H2,2-3H3. The molecule has 0 amide bonds. The van der Waals surface area contributed by atoms with Crippen LogP contribution in [0.2, 0.25) is 0 Å². The van der Waals surface area contributed by atoms with Crippen molar-refractivity contribution >= 4 is 11.3 Å². The molecule has 0 fully saturated rings. The number of allylic oxidation sites excluding steroid dienone is 1. The molecule has 0 radical (unpaired) electrons. The first-order valence-electron chi connectivity index (χ1n) is 6.60. The number of fused-ring (bicyclic) bond motifs is 1. The lowest BCUT2D eigenvalue weighted by Crippen LogP contribution is -2.33. The zero-order valence-electron chi connectivity index (χ0n) is 11.0. The summed E-state index contributed by atoms with van der Waals surface area (Å²) in [5.74, 6) is 0.717. The third-order valence-electron chi connectivity index (χ3n) is 3.84. The Balaban J connectivity index is 2.08. The Bertz CT molecular complexity index is 380. The van der Waals surface area contributed by atoms with Crippen LogP contribution in [0.4, 0.5) is 0 Å². The number of rotatable bonds is 5. The fraction of sp³-hybridized carbons (Fsp3) is 0.600. The molecule has 1 N–H and O–H groups in total. The van der Waals surface area contributed by atoms with E-state index in [9.17, 15) is 0 Å². The molecular weight excluding hydrogens is 226 g/mol. The summed E-state index contributed by atoms with van der Waals surface area (Å²) in [4.78, 5) is 1.62. The molecule has 0 saturated heterocycles. The molecule has 17 heavy (non-hydrogen) atoms. The molecule has 94 valence electrons. The maximum Gasteiger partial charge on any atom is 0.0136 e. The van der Waals surface area contributed by atoms with Gasteiger partial charge in [0.1, 0.15) is 0 Å². The van der Waals surface area contributed by atoms with E-state index in [0.29, 0.717) is 12.0 Å². The molecule has 2 atom stereocenters. The van der Waals surface area contributed by atoms with Gasteiger partial charge in [-0.2, -0.15) is 0 Å². The van der Waals surface area contributed by atoms with Crippen LogP contribution in [0.15, 0.2) is 23.6 Å². The van der Waals surface area contributed by atoms with Crippen molar-refractivity contribution in [2.24, 2.45) is 0 Å². The molecule has 2 heteroatoms. The first kappa shape index (κ1) is 12.8. The number of hydrogen-bond donors (Lipinski definition) is 1. The van der Waals surface area contributed by atoms with Crippen LogP contribution >= 0.6 is 11.3 Å². The van der Waals surface area contributed by atoms with Crippen molar-refractivity contribution in [3.63, 3.8) is 0 Å². The van der Waals surface area contributed by atoms with Gasteiger partial charge in [0.2, 0.25) is 0 Å². The fourth-order valence-electron chi connectivity index (χ4n) is 2.89. The van der Waals surface area contributed by atoms with E-state index in [1.165, 1.54) is 31.3 Å². The molecule has 2 unspecified atom stereocenters. The number of likely N-dealkylation sites (N-methyl/N-ethyl adjacent to an activating group) is 1. The summed E-state index contributed by atoms with van der Waals surface area (Å²) in [6, 6.07) is 2.95. The molecular formula is C15H23NS. The topological polar surface area (TPSA) is 12.0 Å². The fourth-order valence-corrected chi connectivity index (χ4v) is 3.89. The van der Waals surface area contributed by atoms with Crippen LogP contribution in [0, 0.1) is 0 Å². The van der Waals surface area contributed by atoms with Crippen molar-refractivity contribution in [3.05, 3.63) is 34.0 Å². The molecule has 0 bridgehead atoms. The Labute approximate surface area is 109 Å². The number of nitrogens with one attached hydrogen (secondary N) is 1. The van der Waals surface area contributed by atoms with Gasteiger partial charge in [0.15, 0.2) is 0 Å². The van der Waals surface area contributed by atoms with E-state index in [2.05, 4.69) is 37.3 Å². The van der Waals surface area contributed by atoms with Gasteiger partial charge in [0.05, 0.1) is 0 Å². The molecule has 0 aromatic carbocycles. The third kappa shape index (κ3) is 2.99. The zero-order chi connectivity index (χ0) is 12.3. The molecule has 0 spiro atoms. The van der Waals surface area contributed by atoms with Crippen molar-refractivity contribution in [2.45, 2.75) is 51.0 Å². The molecule has 2 rings (SSSR count). The Kier molecular flexibility index (Phi) is 4.41. The van der Waals surface area contributed by atoms with E-state index in [-0.39, 0.29) is 0 Å². The Morgan fingerprint density at radius 2 is 2.47 bits per heavy atom. The van der Waals surface area contributed by atoms with Gasteiger partial charge < -0.3 is 5.32 Å². The Morgan fingerprint density at radius 3 is 3.18 bits per heavy atom. The lowest BCUT2D eigenvalue weighted by atomic mass is 9.80. The monoisotopic (exact) mass is 249 g/mol. The second-order valence-electron chi connectivity index (χ2n) is 5.19. The summed E-state index contributed by atoms with van der Waals surface area (Å²) in [6.45, 7) is 6.14. The zero-order valence-corrected chi connectivity index (χ0v) is 11.8. The van der Waals surface area contributed by atoms with Gasteiger partial charge in [-0.15, -0.1) is 17.9 Å². The first-order chi connectivity index (χ1) is 8.22. The predicted octanol–water partition coefficient (Wildman–Crippen LogP) is 4.11. The molecule has 1 aliphatic rings. The molecule has 1 aromatic rings. The largest absolute Gasteiger partial charge is 0.316 e. The highest BCUT2D eigenvalue weighted by molar-refractivity contribution is 7.10. The highest BCUT2D eigenvalue weighted by Crippen LogP contribution is 2.38. The summed E-state index contributed by atoms with van der Waals surface area (Å²) in [6.07, 6.45) is 6.34. The number of aryl methyl sites for hydroxylation is 1. The molecule has 0 aliphatic heterocycles. The smallest absolute Gasteiger partial charge is 0.0136 e. The predicted molar refractivity (Wildman–Crippen MR) is 76.9 cm³/mol. The van der Waals surface area contributed by atoms with Crippen LogP contribution in [0.3, 0.4) is 0 Å².